The molecule has 1 rings (SSSR count). The van der Waals surface area contributed by atoms with E-state index in [0.29, 0.717) is 11.3 Å². The van der Waals surface area contributed by atoms with Crippen molar-refractivity contribution in [1.29, 1.82) is 0 Å². The fourth-order valence-corrected chi connectivity index (χ4v) is 2.90. The van der Waals surface area contributed by atoms with Gasteiger partial charge in [-0.05, 0) is 84.4 Å². The Kier molecular flexibility index (Phi) is 7.23. The van der Waals surface area contributed by atoms with Crippen LogP contribution in [0.1, 0.15) is 63.8 Å². The van der Waals surface area contributed by atoms with Crippen LogP contribution in [0.5, 0.6) is 0 Å². The molecule has 0 fully saturated rings. The Bertz CT molecular complexity index is 702. The molecular weight excluding hydrogens is 300 g/mol. The SMILES string of the molecule is C=C/C(=C/C)C(=C)/C=C(\C)c1cc(C)c(C)cc1CC(C)C(C)(C)C. The number of hydrogen-bond donors (Lipinski definition) is 0. The molecule has 0 aliphatic carbocycles. The second kappa shape index (κ2) is 8.52. The molecule has 1 atom stereocenters. The highest BCUT2D eigenvalue weighted by Crippen LogP contribution is 2.32. The lowest BCUT2D eigenvalue weighted by Crippen LogP contribution is -2.20. The molecular formula is C25H36. The van der Waals surface area contributed by atoms with Gasteiger partial charge in [0.15, 0.2) is 0 Å². The summed E-state index contributed by atoms with van der Waals surface area (Å²) in [5, 5.41) is 0. The van der Waals surface area contributed by atoms with Gasteiger partial charge in [0.1, 0.15) is 0 Å². The number of rotatable bonds is 6. The molecule has 0 heteroatoms. The summed E-state index contributed by atoms with van der Waals surface area (Å²) in [7, 11) is 0. The molecule has 0 aromatic heterocycles. The summed E-state index contributed by atoms with van der Waals surface area (Å²) in [4.78, 5) is 0. The van der Waals surface area contributed by atoms with E-state index in [1.807, 2.05) is 13.0 Å². The van der Waals surface area contributed by atoms with Crippen molar-refractivity contribution < 1.29 is 0 Å². The average molecular weight is 337 g/mol. The van der Waals surface area contributed by atoms with Gasteiger partial charge in [0.25, 0.3) is 0 Å². The van der Waals surface area contributed by atoms with Crippen molar-refractivity contribution in [2.75, 3.05) is 0 Å². The number of hydrogen-bond acceptors (Lipinski definition) is 0. The quantitative estimate of drug-likeness (QED) is 0.469. The van der Waals surface area contributed by atoms with Crippen LogP contribution in [0.25, 0.3) is 5.57 Å². The van der Waals surface area contributed by atoms with Crippen LogP contribution in [-0.2, 0) is 6.42 Å². The van der Waals surface area contributed by atoms with Gasteiger partial charge in [0, 0.05) is 0 Å². The van der Waals surface area contributed by atoms with Crippen molar-refractivity contribution in [2.24, 2.45) is 11.3 Å². The summed E-state index contributed by atoms with van der Waals surface area (Å²) in [5.41, 5.74) is 9.18. The van der Waals surface area contributed by atoms with Crippen LogP contribution in [-0.4, -0.2) is 0 Å². The molecule has 0 N–H and O–H groups in total. The zero-order chi connectivity index (χ0) is 19.4. The van der Waals surface area contributed by atoms with Crippen LogP contribution in [0.2, 0.25) is 0 Å². The van der Waals surface area contributed by atoms with Crippen LogP contribution in [0.4, 0.5) is 0 Å². The summed E-state index contributed by atoms with van der Waals surface area (Å²) in [5.74, 6) is 0.614. The zero-order valence-corrected chi connectivity index (χ0v) is 17.6. The van der Waals surface area contributed by atoms with Gasteiger partial charge >= 0.3 is 0 Å². The Morgan fingerprint density at radius 1 is 1.16 bits per heavy atom. The van der Waals surface area contributed by atoms with Crippen molar-refractivity contribution in [3.05, 3.63) is 76.9 Å². The zero-order valence-electron chi connectivity index (χ0n) is 17.6. The maximum Gasteiger partial charge on any atom is -0.0192 e. The maximum atomic E-state index is 4.22. The van der Waals surface area contributed by atoms with Gasteiger partial charge in [-0.15, -0.1) is 0 Å². The molecule has 0 heterocycles. The highest BCUT2D eigenvalue weighted by atomic mass is 14.3. The van der Waals surface area contributed by atoms with Crippen molar-refractivity contribution in [3.8, 4) is 0 Å². The highest BCUT2D eigenvalue weighted by Gasteiger charge is 2.21. The van der Waals surface area contributed by atoms with Gasteiger partial charge in [0.05, 0.1) is 0 Å². The first kappa shape index (κ1) is 21.2. The van der Waals surface area contributed by atoms with Crippen LogP contribution < -0.4 is 0 Å². The molecule has 0 amide bonds. The lowest BCUT2D eigenvalue weighted by Gasteiger charge is -2.28. The van der Waals surface area contributed by atoms with E-state index in [1.165, 1.54) is 27.8 Å². The molecule has 0 nitrogen and oxygen atoms in total. The predicted molar refractivity (Wildman–Crippen MR) is 115 cm³/mol. The third-order valence-corrected chi connectivity index (χ3v) is 5.44. The number of benzene rings is 1. The lowest BCUT2D eigenvalue weighted by molar-refractivity contribution is 0.260. The molecule has 1 unspecified atom stereocenters. The van der Waals surface area contributed by atoms with Gasteiger partial charge < -0.3 is 0 Å². The van der Waals surface area contributed by atoms with E-state index in [9.17, 15) is 0 Å². The minimum atomic E-state index is 0.304. The molecule has 136 valence electrons. The van der Waals surface area contributed by atoms with Gasteiger partial charge in [0.2, 0.25) is 0 Å². The molecule has 1 aromatic carbocycles. The third-order valence-electron chi connectivity index (χ3n) is 5.44. The van der Waals surface area contributed by atoms with E-state index in [1.54, 1.807) is 0 Å². The first-order valence-corrected chi connectivity index (χ1v) is 9.28. The molecule has 25 heavy (non-hydrogen) atoms. The molecule has 0 saturated carbocycles. The Labute approximate surface area is 156 Å². The van der Waals surface area contributed by atoms with Crippen molar-refractivity contribution in [3.63, 3.8) is 0 Å². The first-order valence-electron chi connectivity index (χ1n) is 9.28. The van der Waals surface area contributed by atoms with E-state index in [4.69, 9.17) is 0 Å². The number of aryl methyl sites for hydroxylation is 2. The molecule has 0 aliphatic heterocycles. The summed E-state index contributed by atoms with van der Waals surface area (Å²) in [6.07, 6.45) is 7.21. The van der Waals surface area contributed by atoms with Crippen LogP contribution in [0.15, 0.2) is 54.7 Å². The minimum absolute atomic E-state index is 0.304. The van der Waals surface area contributed by atoms with Gasteiger partial charge in [-0.2, -0.15) is 0 Å². The normalized spacial score (nSPS) is 14.4. The van der Waals surface area contributed by atoms with E-state index in [0.717, 1.165) is 17.6 Å². The standard InChI is InChI=1S/C25H36/c1-11-22(12-2)19(5)13-20(6)24-15-18(4)17(3)14-23(24)16-21(7)25(8,9)10/h11-15,21H,1,5,16H2,2-4,6-10H3/b20-13+,22-12-. The summed E-state index contributed by atoms with van der Waals surface area (Å²) in [6.45, 7) is 26.0. The van der Waals surface area contributed by atoms with E-state index in [-0.39, 0.29) is 0 Å². The smallest absolute Gasteiger partial charge is 0.0192 e. The molecule has 0 spiro atoms. The van der Waals surface area contributed by atoms with Gasteiger partial charge in [-0.3, -0.25) is 0 Å². The summed E-state index contributed by atoms with van der Waals surface area (Å²) < 4.78 is 0. The molecule has 0 aliphatic rings. The largest absolute Gasteiger partial charge is 0.0985 e. The lowest BCUT2D eigenvalue weighted by atomic mass is 9.77. The Morgan fingerprint density at radius 3 is 2.20 bits per heavy atom. The van der Waals surface area contributed by atoms with E-state index < -0.39 is 0 Å². The highest BCUT2D eigenvalue weighted by molar-refractivity contribution is 5.72. The Balaban J connectivity index is 3.36. The monoisotopic (exact) mass is 336 g/mol. The van der Waals surface area contributed by atoms with E-state index >= 15 is 0 Å². The molecule has 0 radical (unpaired) electrons. The van der Waals surface area contributed by atoms with Crippen molar-refractivity contribution in [2.45, 2.75) is 61.8 Å². The van der Waals surface area contributed by atoms with E-state index in [2.05, 4.69) is 85.9 Å². The van der Waals surface area contributed by atoms with Crippen molar-refractivity contribution in [1.82, 2.24) is 0 Å². The second-order valence-electron chi connectivity index (χ2n) is 8.37. The predicted octanol–water partition coefficient (Wildman–Crippen LogP) is 7.62. The Morgan fingerprint density at radius 2 is 1.72 bits per heavy atom. The first-order chi connectivity index (χ1) is 11.5. The van der Waals surface area contributed by atoms with Crippen LogP contribution in [0, 0.1) is 25.2 Å². The molecule has 0 saturated heterocycles. The second-order valence-corrected chi connectivity index (χ2v) is 8.37. The maximum absolute atomic E-state index is 4.22. The molecule has 0 bridgehead atoms. The van der Waals surface area contributed by atoms with Crippen LogP contribution in [0.3, 0.4) is 0 Å². The van der Waals surface area contributed by atoms with Crippen LogP contribution >= 0.6 is 0 Å². The average Bonchev–Trinajstić information content (AvgIpc) is 2.50. The van der Waals surface area contributed by atoms with Gasteiger partial charge in [-0.25, -0.2) is 0 Å². The minimum Gasteiger partial charge on any atom is -0.0985 e. The number of allylic oxidation sites excluding steroid dienone is 6. The fourth-order valence-electron chi connectivity index (χ4n) is 2.90. The summed E-state index contributed by atoms with van der Waals surface area (Å²) >= 11 is 0. The fraction of sp³-hybridized carbons (Fsp3) is 0.440. The topological polar surface area (TPSA) is 0 Å². The van der Waals surface area contributed by atoms with Gasteiger partial charge in [-0.1, -0.05) is 71.2 Å². The third kappa shape index (κ3) is 5.59. The molecule has 1 aromatic rings. The summed E-state index contributed by atoms with van der Waals surface area (Å²) in [6, 6.07) is 4.71. The van der Waals surface area contributed by atoms with Crippen molar-refractivity contribution >= 4 is 5.57 Å². The Hall–Kier alpha value is -1.82.